The van der Waals surface area contributed by atoms with Crippen LogP contribution in [0.4, 0.5) is 0 Å². The second-order valence-corrected chi connectivity index (χ2v) is 11.5. The zero-order valence-electron chi connectivity index (χ0n) is 18.0. The summed E-state index contributed by atoms with van der Waals surface area (Å²) in [7, 11) is -0.647. The van der Waals surface area contributed by atoms with Crippen molar-refractivity contribution >= 4 is 25.4 Å². The molecule has 0 aromatic heterocycles. The van der Waals surface area contributed by atoms with Crippen molar-refractivity contribution in [2.45, 2.75) is 26.3 Å². The van der Waals surface area contributed by atoms with E-state index in [-0.39, 0.29) is 6.61 Å². The SMILES string of the molecule is COC(=O)c1ccc(COC(=O)c2ccc(CO[Si](C)(C)c3ccccc3)cc2)cc1. The van der Waals surface area contributed by atoms with Crippen LogP contribution in [0.15, 0.2) is 78.9 Å². The minimum atomic E-state index is -1.98. The topological polar surface area (TPSA) is 61.8 Å². The molecule has 3 aromatic rings. The van der Waals surface area contributed by atoms with Gasteiger partial charge in [0.2, 0.25) is 8.32 Å². The Kier molecular flexibility index (Phi) is 7.39. The van der Waals surface area contributed by atoms with Crippen molar-refractivity contribution in [2.24, 2.45) is 0 Å². The van der Waals surface area contributed by atoms with Crippen LogP contribution < -0.4 is 5.19 Å². The van der Waals surface area contributed by atoms with Crippen LogP contribution in [-0.2, 0) is 27.1 Å². The highest BCUT2D eigenvalue weighted by atomic mass is 28.4. The van der Waals surface area contributed by atoms with E-state index in [9.17, 15) is 9.59 Å². The van der Waals surface area contributed by atoms with E-state index in [0.29, 0.717) is 17.7 Å². The van der Waals surface area contributed by atoms with Crippen molar-refractivity contribution in [3.63, 3.8) is 0 Å². The second-order valence-electron chi connectivity index (χ2n) is 7.63. The van der Waals surface area contributed by atoms with Crippen molar-refractivity contribution in [2.75, 3.05) is 7.11 Å². The fourth-order valence-corrected chi connectivity index (χ4v) is 4.70. The quantitative estimate of drug-likeness (QED) is 0.387. The van der Waals surface area contributed by atoms with Crippen LogP contribution in [0.25, 0.3) is 0 Å². The lowest BCUT2D eigenvalue weighted by Gasteiger charge is -2.23. The molecule has 0 saturated carbocycles. The maximum absolute atomic E-state index is 12.3. The second kappa shape index (κ2) is 10.2. The molecule has 0 saturated heterocycles. The van der Waals surface area contributed by atoms with E-state index >= 15 is 0 Å². The lowest BCUT2D eigenvalue weighted by Crippen LogP contribution is -2.44. The summed E-state index contributed by atoms with van der Waals surface area (Å²) in [6, 6.07) is 24.3. The molecule has 0 radical (unpaired) electrons. The predicted octanol–water partition coefficient (Wildman–Crippen LogP) is 4.46. The Bertz CT molecular complexity index is 1010. The van der Waals surface area contributed by atoms with E-state index in [1.807, 2.05) is 30.3 Å². The van der Waals surface area contributed by atoms with E-state index in [1.165, 1.54) is 12.3 Å². The summed E-state index contributed by atoms with van der Waals surface area (Å²) in [4.78, 5) is 23.8. The summed E-state index contributed by atoms with van der Waals surface area (Å²) in [6.07, 6.45) is 0. The first-order chi connectivity index (χ1) is 14.9. The van der Waals surface area contributed by atoms with E-state index in [2.05, 4.69) is 30.0 Å². The van der Waals surface area contributed by atoms with Gasteiger partial charge in [-0.1, -0.05) is 54.6 Å². The molecule has 0 N–H and O–H groups in total. The summed E-state index contributed by atoms with van der Waals surface area (Å²) in [5, 5.41) is 1.25. The number of hydrogen-bond donors (Lipinski definition) is 0. The van der Waals surface area contributed by atoms with Crippen LogP contribution in [-0.4, -0.2) is 27.4 Å². The van der Waals surface area contributed by atoms with Gasteiger partial charge < -0.3 is 13.9 Å². The fourth-order valence-electron chi connectivity index (χ4n) is 3.01. The van der Waals surface area contributed by atoms with Crippen LogP contribution in [0, 0.1) is 0 Å². The van der Waals surface area contributed by atoms with Gasteiger partial charge >= 0.3 is 11.9 Å². The molecule has 0 fully saturated rings. The molecule has 0 aliphatic carbocycles. The molecule has 0 aliphatic rings. The van der Waals surface area contributed by atoms with Gasteiger partial charge in [0.25, 0.3) is 0 Å². The van der Waals surface area contributed by atoms with E-state index in [4.69, 9.17) is 9.16 Å². The Balaban J connectivity index is 1.52. The largest absolute Gasteiger partial charge is 0.465 e. The molecular weight excluding hydrogens is 408 g/mol. The summed E-state index contributed by atoms with van der Waals surface area (Å²) in [6.45, 7) is 4.97. The van der Waals surface area contributed by atoms with Crippen molar-refractivity contribution in [1.82, 2.24) is 0 Å². The number of ether oxygens (including phenoxy) is 2. The highest BCUT2D eigenvalue weighted by molar-refractivity contribution is 6.84. The van der Waals surface area contributed by atoms with Gasteiger partial charge in [-0.2, -0.15) is 0 Å². The normalized spacial score (nSPS) is 11.1. The molecule has 3 rings (SSSR count). The molecule has 0 atom stereocenters. The predicted molar refractivity (Wildman–Crippen MR) is 122 cm³/mol. The lowest BCUT2D eigenvalue weighted by molar-refractivity contribution is 0.0471. The molecule has 0 aliphatic heterocycles. The van der Waals surface area contributed by atoms with Crippen molar-refractivity contribution in [3.05, 3.63) is 101 Å². The molecule has 6 heteroatoms. The lowest BCUT2D eigenvalue weighted by atomic mass is 10.1. The highest BCUT2D eigenvalue weighted by Gasteiger charge is 2.24. The minimum absolute atomic E-state index is 0.127. The average molecular weight is 435 g/mol. The Morgan fingerprint density at radius 2 is 1.23 bits per heavy atom. The van der Waals surface area contributed by atoms with Crippen LogP contribution in [0.3, 0.4) is 0 Å². The Morgan fingerprint density at radius 3 is 1.77 bits per heavy atom. The van der Waals surface area contributed by atoms with E-state index < -0.39 is 20.3 Å². The van der Waals surface area contributed by atoms with Crippen LogP contribution in [0.5, 0.6) is 0 Å². The van der Waals surface area contributed by atoms with Gasteiger partial charge in [-0.25, -0.2) is 9.59 Å². The summed E-state index contributed by atoms with van der Waals surface area (Å²) in [5.74, 6) is -0.800. The summed E-state index contributed by atoms with van der Waals surface area (Å²) < 4.78 is 16.3. The average Bonchev–Trinajstić information content (AvgIpc) is 2.82. The van der Waals surface area contributed by atoms with Crippen molar-refractivity contribution in [1.29, 1.82) is 0 Å². The third-order valence-corrected chi connectivity index (χ3v) is 7.59. The third-order valence-electron chi connectivity index (χ3n) is 5.00. The summed E-state index contributed by atoms with van der Waals surface area (Å²) in [5.41, 5.74) is 2.73. The smallest absolute Gasteiger partial charge is 0.338 e. The van der Waals surface area contributed by atoms with Gasteiger partial charge in [0.05, 0.1) is 24.8 Å². The van der Waals surface area contributed by atoms with Crippen LogP contribution in [0.1, 0.15) is 31.8 Å². The maximum atomic E-state index is 12.3. The monoisotopic (exact) mass is 434 g/mol. The van der Waals surface area contributed by atoms with Gasteiger partial charge in [0.15, 0.2) is 0 Å². The molecule has 0 heterocycles. The number of methoxy groups -OCH3 is 1. The number of esters is 2. The first-order valence-corrected chi connectivity index (χ1v) is 12.9. The van der Waals surface area contributed by atoms with Crippen molar-refractivity contribution in [3.8, 4) is 0 Å². The number of benzene rings is 3. The highest BCUT2D eigenvalue weighted by Crippen LogP contribution is 2.13. The van der Waals surface area contributed by atoms with E-state index in [0.717, 1.165) is 11.1 Å². The van der Waals surface area contributed by atoms with E-state index in [1.54, 1.807) is 36.4 Å². The number of carbonyl (C=O) groups is 2. The first-order valence-electron chi connectivity index (χ1n) is 10.0. The molecular formula is C25H26O5Si. The van der Waals surface area contributed by atoms with Crippen LogP contribution in [0.2, 0.25) is 13.1 Å². The van der Waals surface area contributed by atoms with Crippen molar-refractivity contribution < 1.29 is 23.5 Å². The Morgan fingerprint density at radius 1 is 0.710 bits per heavy atom. The Labute approximate surface area is 183 Å². The fraction of sp³-hybridized carbons (Fsp3) is 0.200. The standard InChI is InChI=1S/C25H26O5Si/c1-28-24(26)21-13-9-19(10-14-21)17-29-25(27)22-15-11-20(12-16-22)18-30-31(2,3)23-7-5-4-6-8-23/h4-16H,17-18H2,1-3H3. The third kappa shape index (κ3) is 6.13. The molecule has 0 amide bonds. The molecule has 0 bridgehead atoms. The molecule has 5 nitrogen and oxygen atoms in total. The molecule has 31 heavy (non-hydrogen) atoms. The van der Waals surface area contributed by atoms with Gasteiger partial charge in [-0.05, 0) is 53.7 Å². The molecule has 0 spiro atoms. The van der Waals surface area contributed by atoms with Crippen LogP contribution >= 0.6 is 0 Å². The zero-order chi connectivity index (χ0) is 22.3. The molecule has 0 unspecified atom stereocenters. The Hall–Kier alpha value is -3.22. The minimum Gasteiger partial charge on any atom is -0.465 e. The van der Waals surface area contributed by atoms with Gasteiger partial charge in [-0.3, -0.25) is 0 Å². The number of hydrogen-bond acceptors (Lipinski definition) is 5. The van der Waals surface area contributed by atoms with Gasteiger partial charge in [-0.15, -0.1) is 0 Å². The number of carbonyl (C=O) groups excluding carboxylic acids is 2. The van der Waals surface area contributed by atoms with Gasteiger partial charge in [0, 0.05) is 0 Å². The van der Waals surface area contributed by atoms with Gasteiger partial charge in [0.1, 0.15) is 6.61 Å². The first kappa shape index (κ1) is 22.5. The maximum Gasteiger partial charge on any atom is 0.338 e. The molecule has 3 aromatic carbocycles. The zero-order valence-corrected chi connectivity index (χ0v) is 19.0. The summed E-state index contributed by atoms with van der Waals surface area (Å²) >= 11 is 0. The molecule has 160 valence electrons. The number of rotatable bonds is 8.